The van der Waals surface area contributed by atoms with Crippen LogP contribution in [0.4, 0.5) is 0 Å². The Hall–Kier alpha value is -1.56. The van der Waals surface area contributed by atoms with Crippen molar-refractivity contribution < 1.29 is 19.1 Å². The fourth-order valence-electron chi connectivity index (χ4n) is 2.00. The first-order chi connectivity index (χ1) is 9.67. The quantitative estimate of drug-likeness (QED) is 0.468. The highest BCUT2D eigenvalue weighted by Crippen LogP contribution is 2.27. The van der Waals surface area contributed by atoms with E-state index < -0.39 is 0 Å². The number of carbonyl (C=O) groups excluding carboxylic acids is 2. The number of methoxy groups -OCH3 is 1. The molecule has 0 N–H and O–H groups in total. The summed E-state index contributed by atoms with van der Waals surface area (Å²) in [6.07, 6.45) is 1.67. The number of rotatable bonds is 5. The summed E-state index contributed by atoms with van der Waals surface area (Å²) in [5.74, 6) is 0.360. The molecule has 1 aromatic rings. The lowest BCUT2D eigenvalue weighted by molar-refractivity contribution is -0.130. The number of fused-ring (bicyclic) bond motifs is 1. The molecule has 0 spiro atoms. The highest BCUT2D eigenvalue weighted by atomic mass is 79.9. The van der Waals surface area contributed by atoms with Gasteiger partial charge in [0.2, 0.25) is 0 Å². The Morgan fingerprint density at radius 3 is 2.85 bits per heavy atom. The molecule has 1 heterocycles. The van der Waals surface area contributed by atoms with E-state index in [4.69, 9.17) is 9.47 Å². The van der Waals surface area contributed by atoms with Crippen molar-refractivity contribution in [3.05, 3.63) is 23.8 Å². The fraction of sp³-hybridized carbons (Fsp3) is 0.429. The van der Waals surface area contributed by atoms with Crippen LogP contribution in [-0.2, 0) is 4.79 Å². The van der Waals surface area contributed by atoms with Gasteiger partial charge in [-0.1, -0.05) is 15.9 Å². The Labute approximate surface area is 126 Å². The number of amides is 2. The van der Waals surface area contributed by atoms with Crippen molar-refractivity contribution in [2.45, 2.75) is 12.8 Å². The molecule has 0 saturated heterocycles. The largest absolute Gasteiger partial charge is 0.497 e. The van der Waals surface area contributed by atoms with E-state index in [1.54, 1.807) is 18.2 Å². The molecule has 1 aliphatic heterocycles. The minimum absolute atomic E-state index is 0.112. The van der Waals surface area contributed by atoms with Crippen LogP contribution in [0.1, 0.15) is 23.2 Å². The molecule has 20 heavy (non-hydrogen) atoms. The van der Waals surface area contributed by atoms with Gasteiger partial charge in [0.1, 0.15) is 11.5 Å². The molecule has 0 atom stereocenters. The number of alkyl halides is 1. The van der Waals surface area contributed by atoms with Crippen LogP contribution in [0.25, 0.3) is 0 Å². The molecule has 0 unspecified atom stereocenters. The number of hydrogen-bond donors (Lipinski definition) is 0. The lowest BCUT2D eigenvalue weighted by atomic mass is 10.1. The highest BCUT2D eigenvalue weighted by molar-refractivity contribution is 9.09. The van der Waals surface area contributed by atoms with Crippen LogP contribution in [0, 0.1) is 0 Å². The molecular formula is C14H16BrNO4. The maximum absolute atomic E-state index is 12.5. The van der Waals surface area contributed by atoms with Gasteiger partial charge >= 0.3 is 0 Å². The molecular weight excluding hydrogens is 326 g/mol. The number of imide groups is 1. The number of hydrogen-bond acceptors (Lipinski definition) is 4. The first kappa shape index (κ1) is 14.8. The number of ether oxygens (including phenoxy) is 2. The predicted molar refractivity (Wildman–Crippen MR) is 77.6 cm³/mol. The third-order valence-corrected chi connectivity index (χ3v) is 3.64. The maximum Gasteiger partial charge on any atom is 0.267 e. The minimum Gasteiger partial charge on any atom is -0.497 e. The number of nitrogens with zero attached hydrogens (tertiary/aromatic N) is 1. The van der Waals surface area contributed by atoms with Crippen LogP contribution in [0.5, 0.6) is 11.5 Å². The van der Waals surface area contributed by atoms with Crippen LogP contribution in [0.2, 0.25) is 0 Å². The Balaban J connectivity index is 2.26. The summed E-state index contributed by atoms with van der Waals surface area (Å²) in [4.78, 5) is 25.7. The Morgan fingerprint density at radius 1 is 1.35 bits per heavy atom. The zero-order chi connectivity index (χ0) is 14.5. The second-order valence-corrected chi connectivity index (χ2v) is 5.19. The summed E-state index contributed by atoms with van der Waals surface area (Å²) in [6.45, 7) is 0.294. The number of benzene rings is 1. The van der Waals surface area contributed by atoms with Crippen LogP contribution in [-0.4, -0.2) is 42.3 Å². The second kappa shape index (κ2) is 6.74. The Kier molecular flexibility index (Phi) is 5.00. The molecule has 0 aliphatic carbocycles. The van der Waals surface area contributed by atoms with E-state index in [0.29, 0.717) is 23.6 Å². The van der Waals surface area contributed by atoms with Crippen LogP contribution in [0.3, 0.4) is 0 Å². The SMILES string of the molecule is COc1ccc2c(c1)C(=O)N(CCCCBr)C(=O)CO2. The first-order valence-electron chi connectivity index (χ1n) is 6.39. The van der Waals surface area contributed by atoms with Gasteiger partial charge in [-0.3, -0.25) is 14.5 Å². The molecule has 0 saturated carbocycles. The van der Waals surface area contributed by atoms with Crippen molar-refractivity contribution in [3.8, 4) is 11.5 Å². The maximum atomic E-state index is 12.5. The number of unbranched alkanes of at least 4 members (excludes halogenated alkanes) is 1. The van der Waals surface area contributed by atoms with Gasteiger partial charge in [0.25, 0.3) is 11.8 Å². The van der Waals surface area contributed by atoms with Gasteiger partial charge in [-0.25, -0.2) is 0 Å². The molecule has 6 heteroatoms. The zero-order valence-corrected chi connectivity index (χ0v) is 12.8. The van der Waals surface area contributed by atoms with Gasteiger partial charge in [-0.15, -0.1) is 0 Å². The van der Waals surface area contributed by atoms with E-state index in [1.807, 2.05) is 0 Å². The Bertz CT molecular complexity index is 518. The van der Waals surface area contributed by atoms with E-state index in [2.05, 4.69) is 15.9 Å². The van der Waals surface area contributed by atoms with E-state index >= 15 is 0 Å². The summed E-state index contributed by atoms with van der Waals surface area (Å²) in [6, 6.07) is 4.96. The van der Waals surface area contributed by atoms with E-state index in [9.17, 15) is 9.59 Å². The zero-order valence-electron chi connectivity index (χ0n) is 11.2. The van der Waals surface area contributed by atoms with Crippen molar-refractivity contribution in [3.63, 3.8) is 0 Å². The molecule has 0 aromatic heterocycles. The second-order valence-electron chi connectivity index (χ2n) is 4.40. The summed E-state index contributed by atoms with van der Waals surface area (Å²) in [5, 5.41) is 0.851. The van der Waals surface area contributed by atoms with Crippen LogP contribution >= 0.6 is 15.9 Å². The third-order valence-electron chi connectivity index (χ3n) is 3.08. The molecule has 2 amide bonds. The standard InChI is InChI=1S/C14H16BrNO4/c1-19-10-4-5-12-11(8-10)14(18)16(7-3-2-6-15)13(17)9-20-12/h4-5,8H,2-3,6-7,9H2,1H3. The molecule has 1 aromatic carbocycles. The number of carbonyl (C=O) groups is 2. The van der Waals surface area contributed by atoms with E-state index in [-0.39, 0.29) is 18.4 Å². The first-order valence-corrected chi connectivity index (χ1v) is 7.51. The topological polar surface area (TPSA) is 55.8 Å². The minimum atomic E-state index is -0.323. The van der Waals surface area contributed by atoms with Gasteiger partial charge in [-0.2, -0.15) is 0 Å². The van der Waals surface area contributed by atoms with Crippen molar-refractivity contribution in [2.24, 2.45) is 0 Å². The molecule has 5 nitrogen and oxygen atoms in total. The molecule has 0 radical (unpaired) electrons. The smallest absolute Gasteiger partial charge is 0.267 e. The lowest BCUT2D eigenvalue weighted by Crippen LogP contribution is -2.38. The van der Waals surface area contributed by atoms with Gasteiger partial charge < -0.3 is 9.47 Å². The number of halogens is 1. The van der Waals surface area contributed by atoms with Crippen molar-refractivity contribution >= 4 is 27.7 Å². The van der Waals surface area contributed by atoms with Gasteiger partial charge in [0, 0.05) is 11.9 Å². The van der Waals surface area contributed by atoms with Gasteiger partial charge in [0.05, 0.1) is 12.7 Å². The molecule has 0 fully saturated rings. The van der Waals surface area contributed by atoms with Crippen LogP contribution in [0.15, 0.2) is 18.2 Å². The van der Waals surface area contributed by atoms with Gasteiger partial charge in [0.15, 0.2) is 6.61 Å². The van der Waals surface area contributed by atoms with E-state index in [1.165, 1.54) is 12.0 Å². The Morgan fingerprint density at radius 2 is 2.15 bits per heavy atom. The lowest BCUT2D eigenvalue weighted by Gasteiger charge is -2.17. The van der Waals surface area contributed by atoms with Crippen molar-refractivity contribution in [1.29, 1.82) is 0 Å². The summed E-state index contributed by atoms with van der Waals surface area (Å²) in [5.41, 5.74) is 0.369. The summed E-state index contributed by atoms with van der Waals surface area (Å²) in [7, 11) is 1.53. The predicted octanol–water partition coefficient (Wildman–Crippen LogP) is 2.23. The average Bonchev–Trinajstić information content (AvgIpc) is 2.58. The third kappa shape index (κ3) is 3.12. The highest BCUT2D eigenvalue weighted by Gasteiger charge is 2.29. The summed E-state index contributed by atoms with van der Waals surface area (Å²) >= 11 is 3.34. The van der Waals surface area contributed by atoms with Gasteiger partial charge in [-0.05, 0) is 31.0 Å². The molecule has 0 bridgehead atoms. The monoisotopic (exact) mass is 341 g/mol. The van der Waals surface area contributed by atoms with Crippen LogP contribution < -0.4 is 9.47 Å². The van der Waals surface area contributed by atoms with Crippen molar-refractivity contribution in [1.82, 2.24) is 4.90 Å². The van der Waals surface area contributed by atoms with E-state index in [0.717, 1.165) is 18.2 Å². The van der Waals surface area contributed by atoms with Crippen molar-refractivity contribution in [2.75, 3.05) is 25.6 Å². The summed E-state index contributed by atoms with van der Waals surface area (Å²) < 4.78 is 10.5. The molecule has 2 rings (SSSR count). The fourth-order valence-corrected chi connectivity index (χ4v) is 2.39. The molecule has 108 valence electrons. The average molecular weight is 342 g/mol. The normalized spacial score (nSPS) is 14.6. The molecule has 1 aliphatic rings.